The van der Waals surface area contributed by atoms with E-state index in [1.807, 2.05) is 18.2 Å². The molecule has 0 saturated heterocycles. The minimum absolute atomic E-state index is 0.219. The fourth-order valence-corrected chi connectivity index (χ4v) is 2.44. The van der Waals surface area contributed by atoms with Gasteiger partial charge in [0, 0.05) is 5.56 Å². The number of aromatic nitrogens is 4. The van der Waals surface area contributed by atoms with Gasteiger partial charge in [-0.1, -0.05) is 6.07 Å². The van der Waals surface area contributed by atoms with Gasteiger partial charge in [-0.05, 0) is 25.0 Å². The zero-order valence-corrected chi connectivity index (χ0v) is 10.5. The van der Waals surface area contributed by atoms with E-state index in [1.54, 1.807) is 6.20 Å². The van der Waals surface area contributed by atoms with Crippen molar-refractivity contribution in [3.63, 3.8) is 0 Å². The van der Waals surface area contributed by atoms with Crippen molar-refractivity contribution in [2.24, 2.45) is 0 Å². The highest BCUT2D eigenvalue weighted by molar-refractivity contribution is 5.80. The van der Waals surface area contributed by atoms with Crippen LogP contribution in [0, 0.1) is 11.3 Å². The molecular weight excluding hydrogens is 254 g/mol. The van der Waals surface area contributed by atoms with Gasteiger partial charge in [0.1, 0.15) is 11.2 Å². The van der Waals surface area contributed by atoms with Gasteiger partial charge >= 0.3 is 5.69 Å². The average Bonchev–Trinajstić information content (AvgIpc) is 2.93. The number of hydrogen-bond donors (Lipinski definition) is 3. The van der Waals surface area contributed by atoms with Crippen molar-refractivity contribution in [2.45, 2.75) is 18.3 Å². The molecular formula is C14H11N5O. The maximum Gasteiger partial charge on any atom is 0.323 e. The number of nitriles is 1. The van der Waals surface area contributed by atoms with Crippen LogP contribution in [0.5, 0.6) is 0 Å². The third-order valence-corrected chi connectivity index (χ3v) is 3.82. The molecule has 1 aliphatic rings. The number of imidazole rings is 2. The molecule has 0 unspecified atom stereocenters. The molecule has 0 radical (unpaired) electrons. The van der Waals surface area contributed by atoms with Gasteiger partial charge in [-0.15, -0.1) is 0 Å². The summed E-state index contributed by atoms with van der Waals surface area (Å²) in [6.45, 7) is 0. The molecule has 3 aromatic rings. The average molecular weight is 265 g/mol. The van der Waals surface area contributed by atoms with E-state index in [0.29, 0.717) is 0 Å². The first-order valence-corrected chi connectivity index (χ1v) is 6.39. The van der Waals surface area contributed by atoms with E-state index in [0.717, 1.165) is 41.0 Å². The topological polar surface area (TPSA) is 101 Å². The summed E-state index contributed by atoms with van der Waals surface area (Å²) < 4.78 is 0. The van der Waals surface area contributed by atoms with E-state index in [1.165, 1.54) is 0 Å². The summed E-state index contributed by atoms with van der Waals surface area (Å²) in [7, 11) is 0. The van der Waals surface area contributed by atoms with Crippen LogP contribution in [0.1, 0.15) is 18.7 Å². The van der Waals surface area contributed by atoms with Crippen molar-refractivity contribution in [3.05, 3.63) is 40.7 Å². The molecule has 0 bridgehead atoms. The predicted molar refractivity (Wildman–Crippen MR) is 73.0 cm³/mol. The summed E-state index contributed by atoms with van der Waals surface area (Å²) in [6.07, 6.45) is 3.46. The van der Waals surface area contributed by atoms with E-state index in [4.69, 9.17) is 0 Å². The second-order valence-corrected chi connectivity index (χ2v) is 5.18. The molecule has 6 heteroatoms. The van der Waals surface area contributed by atoms with Crippen molar-refractivity contribution in [3.8, 4) is 17.3 Å². The van der Waals surface area contributed by atoms with E-state index in [-0.39, 0.29) is 5.69 Å². The number of nitrogens with one attached hydrogen (secondary N) is 3. The maximum absolute atomic E-state index is 11.3. The second-order valence-electron chi connectivity index (χ2n) is 5.18. The zero-order chi connectivity index (χ0) is 13.7. The van der Waals surface area contributed by atoms with Gasteiger partial charge in [0.2, 0.25) is 0 Å². The van der Waals surface area contributed by atoms with Crippen molar-refractivity contribution in [2.75, 3.05) is 0 Å². The standard InChI is InChI=1S/C14H11N5O/c15-7-14(3-4-14)12-16-6-11(17-12)8-1-2-9-10(5-8)19-13(20)18-9/h1-2,5-6H,3-4H2,(H,16,17)(H2,18,19,20). The lowest BCUT2D eigenvalue weighted by atomic mass is 10.1. The van der Waals surface area contributed by atoms with Crippen LogP contribution >= 0.6 is 0 Å². The molecule has 1 aromatic carbocycles. The number of rotatable bonds is 2. The summed E-state index contributed by atoms with van der Waals surface area (Å²) in [5.74, 6) is 0.734. The Kier molecular flexibility index (Phi) is 1.99. The summed E-state index contributed by atoms with van der Waals surface area (Å²) in [4.78, 5) is 24.2. The highest BCUT2D eigenvalue weighted by atomic mass is 16.1. The van der Waals surface area contributed by atoms with Gasteiger partial charge in [-0.3, -0.25) is 0 Å². The Labute approximate surface area is 113 Å². The minimum atomic E-state index is -0.412. The molecule has 6 nitrogen and oxygen atoms in total. The number of hydrogen-bond acceptors (Lipinski definition) is 3. The van der Waals surface area contributed by atoms with Crippen LogP contribution in [-0.4, -0.2) is 19.9 Å². The summed E-state index contributed by atoms with van der Waals surface area (Å²) in [6, 6.07) is 7.97. The minimum Gasteiger partial charge on any atom is -0.341 e. The quantitative estimate of drug-likeness (QED) is 0.658. The maximum atomic E-state index is 11.3. The Bertz CT molecular complexity index is 903. The molecule has 98 valence electrons. The van der Waals surface area contributed by atoms with Gasteiger partial charge in [0.15, 0.2) is 0 Å². The van der Waals surface area contributed by atoms with Crippen LogP contribution in [0.3, 0.4) is 0 Å². The molecule has 1 saturated carbocycles. The number of benzene rings is 1. The van der Waals surface area contributed by atoms with Crippen LogP contribution < -0.4 is 5.69 Å². The van der Waals surface area contributed by atoms with Crippen LogP contribution in [0.4, 0.5) is 0 Å². The number of nitrogens with zero attached hydrogens (tertiary/aromatic N) is 2. The van der Waals surface area contributed by atoms with Crippen LogP contribution in [-0.2, 0) is 5.41 Å². The Balaban J connectivity index is 1.79. The molecule has 0 amide bonds. The molecule has 0 spiro atoms. The highest BCUT2D eigenvalue weighted by Gasteiger charge is 2.47. The fourth-order valence-electron chi connectivity index (χ4n) is 2.44. The lowest BCUT2D eigenvalue weighted by Crippen LogP contribution is -2.04. The van der Waals surface area contributed by atoms with E-state index >= 15 is 0 Å². The monoisotopic (exact) mass is 265 g/mol. The number of fused-ring (bicyclic) bond motifs is 1. The van der Waals surface area contributed by atoms with Crippen molar-refractivity contribution >= 4 is 11.0 Å². The molecule has 4 rings (SSSR count). The zero-order valence-electron chi connectivity index (χ0n) is 10.5. The molecule has 0 atom stereocenters. The van der Waals surface area contributed by atoms with E-state index in [2.05, 4.69) is 26.0 Å². The molecule has 1 fully saturated rings. The first-order valence-electron chi connectivity index (χ1n) is 6.39. The van der Waals surface area contributed by atoms with Crippen molar-refractivity contribution in [1.82, 2.24) is 19.9 Å². The third-order valence-electron chi connectivity index (χ3n) is 3.82. The second kappa shape index (κ2) is 3.61. The SMILES string of the molecule is N#CC1(c2ncc(-c3ccc4[nH]c(=O)[nH]c4c3)[nH]2)CC1. The van der Waals surface area contributed by atoms with Gasteiger partial charge in [-0.25, -0.2) is 9.78 Å². The molecule has 3 N–H and O–H groups in total. The number of H-pyrrole nitrogens is 3. The summed E-state index contributed by atoms with van der Waals surface area (Å²) in [5, 5.41) is 9.18. The lowest BCUT2D eigenvalue weighted by molar-refractivity contribution is 0.822. The van der Waals surface area contributed by atoms with Crippen LogP contribution in [0.15, 0.2) is 29.2 Å². The first kappa shape index (κ1) is 11.1. The first-order chi connectivity index (χ1) is 9.70. The van der Waals surface area contributed by atoms with Crippen LogP contribution in [0.2, 0.25) is 0 Å². The summed E-state index contributed by atoms with van der Waals surface area (Å²) in [5.41, 5.74) is 2.68. The molecule has 0 aliphatic heterocycles. The normalized spacial score (nSPS) is 16.1. The highest BCUT2D eigenvalue weighted by Crippen LogP contribution is 2.46. The largest absolute Gasteiger partial charge is 0.341 e. The van der Waals surface area contributed by atoms with Crippen molar-refractivity contribution in [1.29, 1.82) is 5.26 Å². The molecule has 2 aromatic heterocycles. The van der Waals surface area contributed by atoms with Crippen molar-refractivity contribution < 1.29 is 0 Å². The number of aromatic amines is 3. The van der Waals surface area contributed by atoms with Gasteiger partial charge in [0.25, 0.3) is 0 Å². The van der Waals surface area contributed by atoms with Crippen LogP contribution in [0.25, 0.3) is 22.3 Å². The Morgan fingerprint density at radius 2 is 2.00 bits per heavy atom. The fraction of sp³-hybridized carbons (Fsp3) is 0.214. The van der Waals surface area contributed by atoms with Gasteiger partial charge in [0.05, 0.1) is 29.0 Å². The lowest BCUT2D eigenvalue weighted by Gasteiger charge is -2.00. The summed E-state index contributed by atoms with van der Waals surface area (Å²) >= 11 is 0. The molecule has 2 heterocycles. The predicted octanol–water partition coefficient (Wildman–Crippen LogP) is 1.80. The smallest absolute Gasteiger partial charge is 0.323 e. The third kappa shape index (κ3) is 1.50. The van der Waals surface area contributed by atoms with E-state index < -0.39 is 5.41 Å². The van der Waals surface area contributed by atoms with Gasteiger partial charge < -0.3 is 15.0 Å². The molecule has 1 aliphatic carbocycles. The molecule has 20 heavy (non-hydrogen) atoms. The Morgan fingerprint density at radius 3 is 2.75 bits per heavy atom. The van der Waals surface area contributed by atoms with Gasteiger partial charge in [-0.2, -0.15) is 5.26 Å². The Hall–Kier alpha value is -2.81. The van der Waals surface area contributed by atoms with E-state index in [9.17, 15) is 10.1 Å². The Morgan fingerprint density at radius 1 is 1.20 bits per heavy atom.